The fourth-order valence-corrected chi connectivity index (χ4v) is 3.91. The van der Waals surface area contributed by atoms with Crippen LogP contribution in [0.25, 0.3) is 10.9 Å². The van der Waals surface area contributed by atoms with Crippen molar-refractivity contribution in [2.24, 2.45) is 0 Å². The number of nitrogens with zero attached hydrogens (tertiary/aromatic N) is 4. The number of amides is 1. The van der Waals surface area contributed by atoms with Crippen LogP contribution < -0.4 is 10.6 Å². The highest BCUT2D eigenvalue weighted by Gasteiger charge is 2.27. The van der Waals surface area contributed by atoms with Crippen molar-refractivity contribution in [1.29, 1.82) is 0 Å². The van der Waals surface area contributed by atoms with Crippen LogP contribution in [0.5, 0.6) is 0 Å². The van der Waals surface area contributed by atoms with Crippen molar-refractivity contribution in [3.63, 3.8) is 0 Å². The third kappa shape index (κ3) is 5.80. The second-order valence-corrected chi connectivity index (χ2v) is 8.37. The van der Waals surface area contributed by atoms with E-state index in [1.54, 1.807) is 12.3 Å². The summed E-state index contributed by atoms with van der Waals surface area (Å²) in [6, 6.07) is 7.61. The molecule has 0 saturated carbocycles. The Bertz CT molecular complexity index is 1330. The lowest BCUT2D eigenvalue weighted by atomic mass is 9.94. The molecule has 2 aromatic heterocycles. The molecule has 35 heavy (non-hydrogen) atoms. The van der Waals surface area contributed by atoms with Crippen LogP contribution in [0.4, 0.5) is 11.5 Å². The largest absolute Gasteiger partial charge is 0.462 e. The van der Waals surface area contributed by atoms with Crippen LogP contribution in [0, 0.1) is 12.3 Å². The summed E-state index contributed by atoms with van der Waals surface area (Å²) in [5, 5.41) is 6.85. The maximum atomic E-state index is 12.3. The van der Waals surface area contributed by atoms with E-state index < -0.39 is 11.9 Å². The van der Waals surface area contributed by atoms with E-state index in [0.717, 1.165) is 53.0 Å². The predicted molar refractivity (Wildman–Crippen MR) is 134 cm³/mol. The normalized spacial score (nSPS) is 14.5. The number of ether oxygens (including phenoxy) is 1. The van der Waals surface area contributed by atoms with Crippen molar-refractivity contribution in [3.05, 3.63) is 65.8 Å². The summed E-state index contributed by atoms with van der Waals surface area (Å²) in [5.41, 5.74) is 4.38. The number of carbonyl (C=O) groups is 2. The van der Waals surface area contributed by atoms with Gasteiger partial charge in [-0.15, -0.1) is 6.42 Å². The first-order valence-corrected chi connectivity index (χ1v) is 11.2. The molecule has 0 spiro atoms. The average Bonchev–Trinajstić information content (AvgIpc) is 3.28. The van der Waals surface area contributed by atoms with E-state index in [9.17, 15) is 9.59 Å². The molecule has 1 aromatic carbocycles. The maximum Gasteiger partial charge on any atom is 0.330 e. The Morgan fingerprint density at radius 1 is 1.26 bits per heavy atom. The Morgan fingerprint density at radius 2 is 2.11 bits per heavy atom. The van der Waals surface area contributed by atoms with Gasteiger partial charge in [-0.2, -0.15) is 0 Å². The number of hydrogen-bond acceptors (Lipinski definition) is 8. The minimum absolute atomic E-state index is 0.00422. The van der Waals surface area contributed by atoms with Gasteiger partial charge < -0.3 is 20.3 Å². The first-order chi connectivity index (χ1) is 16.9. The van der Waals surface area contributed by atoms with Crippen LogP contribution >= 0.6 is 0 Å². The predicted octanol–water partition coefficient (Wildman–Crippen LogP) is 2.55. The molecule has 2 N–H and O–H groups in total. The number of carbonyl (C=O) groups excluding carboxylic acids is 2. The zero-order chi connectivity index (χ0) is 24.8. The number of fused-ring (bicyclic) bond motifs is 2. The van der Waals surface area contributed by atoms with Gasteiger partial charge in [0.1, 0.15) is 12.1 Å². The molecule has 1 amide bonds. The molecule has 1 aliphatic heterocycles. The number of pyridine rings is 1. The van der Waals surface area contributed by atoms with Crippen LogP contribution in [0.3, 0.4) is 0 Å². The molecule has 4 rings (SSSR count). The standard InChI is InChI=1S/C26H26N6O3/c1-4-17-6-7-18-20(14-27-21(18)12-17)26-19-13-23(28-15-22(19)29-16-30-26)31-24(33)8-9-25(34)35-11-5-10-32(2)3/h1,6-9,12-13,15-16,20,27H,5,10-11,14H2,2-3H3,(H,28,31,33). The minimum Gasteiger partial charge on any atom is -0.462 e. The van der Waals surface area contributed by atoms with Gasteiger partial charge in [0.15, 0.2) is 0 Å². The van der Waals surface area contributed by atoms with Crippen LogP contribution in [0.15, 0.2) is 48.9 Å². The first-order valence-electron chi connectivity index (χ1n) is 11.2. The van der Waals surface area contributed by atoms with Gasteiger partial charge in [-0.1, -0.05) is 12.0 Å². The molecule has 0 aliphatic carbocycles. The smallest absolute Gasteiger partial charge is 0.330 e. The Morgan fingerprint density at radius 3 is 2.91 bits per heavy atom. The topological polar surface area (TPSA) is 109 Å². The quantitative estimate of drug-likeness (QED) is 0.224. The third-order valence-electron chi connectivity index (χ3n) is 5.59. The van der Waals surface area contributed by atoms with E-state index in [4.69, 9.17) is 11.2 Å². The second kappa shape index (κ2) is 10.8. The minimum atomic E-state index is -0.568. The summed E-state index contributed by atoms with van der Waals surface area (Å²) in [5.74, 6) is 1.92. The lowest BCUT2D eigenvalue weighted by molar-refractivity contribution is -0.138. The van der Waals surface area contributed by atoms with Gasteiger partial charge in [-0.25, -0.2) is 19.7 Å². The number of hydrogen-bond donors (Lipinski definition) is 2. The van der Waals surface area contributed by atoms with E-state index in [0.29, 0.717) is 24.5 Å². The van der Waals surface area contributed by atoms with Crippen LogP contribution in [-0.2, 0) is 14.3 Å². The lowest BCUT2D eigenvalue weighted by Gasteiger charge is -2.13. The Labute approximate surface area is 203 Å². The Hall–Kier alpha value is -4.29. The van der Waals surface area contributed by atoms with Gasteiger partial charge in [0, 0.05) is 47.8 Å². The van der Waals surface area contributed by atoms with Gasteiger partial charge in [-0.3, -0.25) is 4.79 Å². The summed E-state index contributed by atoms with van der Waals surface area (Å²) < 4.78 is 5.09. The number of esters is 1. The molecule has 9 heteroatoms. The Balaban J connectivity index is 1.47. The third-order valence-corrected chi connectivity index (χ3v) is 5.59. The van der Waals surface area contributed by atoms with Crippen LogP contribution in [-0.4, -0.2) is 65.5 Å². The monoisotopic (exact) mass is 470 g/mol. The number of nitrogens with one attached hydrogen (secondary N) is 2. The molecule has 0 fully saturated rings. The lowest BCUT2D eigenvalue weighted by Crippen LogP contribution is -2.16. The summed E-state index contributed by atoms with van der Waals surface area (Å²) in [6.07, 6.45) is 11.6. The summed E-state index contributed by atoms with van der Waals surface area (Å²) in [6.45, 7) is 1.77. The second-order valence-electron chi connectivity index (χ2n) is 8.37. The van der Waals surface area contributed by atoms with E-state index in [2.05, 4.69) is 31.5 Å². The molecule has 1 unspecified atom stereocenters. The fourth-order valence-electron chi connectivity index (χ4n) is 3.91. The number of rotatable bonds is 8. The molecule has 178 valence electrons. The zero-order valence-electron chi connectivity index (χ0n) is 19.6. The average molecular weight is 471 g/mol. The molecule has 1 aliphatic rings. The molecule has 0 saturated heterocycles. The molecule has 3 heterocycles. The SMILES string of the molecule is C#Cc1ccc2c(c1)NCC2c1ncnc2cnc(NC(=O)C=CC(=O)OCCCN(C)C)cc12. The highest BCUT2D eigenvalue weighted by atomic mass is 16.5. The molecule has 0 radical (unpaired) electrons. The van der Waals surface area contributed by atoms with Gasteiger partial charge in [-0.05, 0) is 44.3 Å². The highest BCUT2D eigenvalue weighted by molar-refractivity contribution is 6.02. The number of terminal acetylenes is 1. The van der Waals surface area contributed by atoms with E-state index in [1.165, 1.54) is 6.33 Å². The fraction of sp³-hybridized carbons (Fsp3) is 0.269. The van der Waals surface area contributed by atoms with Gasteiger partial charge >= 0.3 is 5.97 Å². The molecule has 3 aromatic rings. The van der Waals surface area contributed by atoms with Crippen molar-refractivity contribution in [2.75, 3.05) is 44.4 Å². The number of anilines is 2. The van der Waals surface area contributed by atoms with Gasteiger partial charge in [0.05, 0.1) is 24.0 Å². The van der Waals surface area contributed by atoms with Crippen molar-refractivity contribution < 1.29 is 14.3 Å². The van der Waals surface area contributed by atoms with Crippen molar-refractivity contribution >= 4 is 34.3 Å². The highest BCUT2D eigenvalue weighted by Crippen LogP contribution is 2.38. The van der Waals surface area contributed by atoms with Crippen LogP contribution in [0.2, 0.25) is 0 Å². The Kier molecular flexibility index (Phi) is 7.33. The van der Waals surface area contributed by atoms with Crippen LogP contribution in [0.1, 0.15) is 29.2 Å². The van der Waals surface area contributed by atoms with E-state index >= 15 is 0 Å². The van der Waals surface area contributed by atoms with E-state index in [-0.39, 0.29) is 5.92 Å². The van der Waals surface area contributed by atoms with Gasteiger partial charge in [0.25, 0.3) is 0 Å². The molecule has 0 bridgehead atoms. The summed E-state index contributed by atoms with van der Waals surface area (Å²) in [7, 11) is 3.89. The summed E-state index contributed by atoms with van der Waals surface area (Å²) >= 11 is 0. The molecular weight excluding hydrogens is 444 g/mol. The first kappa shape index (κ1) is 23.9. The maximum absolute atomic E-state index is 12.3. The van der Waals surface area contributed by atoms with E-state index in [1.807, 2.05) is 37.2 Å². The van der Waals surface area contributed by atoms with Crippen molar-refractivity contribution in [3.8, 4) is 12.3 Å². The van der Waals surface area contributed by atoms with Crippen molar-refractivity contribution in [2.45, 2.75) is 12.3 Å². The van der Waals surface area contributed by atoms with Crippen molar-refractivity contribution in [1.82, 2.24) is 19.9 Å². The molecule has 9 nitrogen and oxygen atoms in total. The number of benzene rings is 1. The summed E-state index contributed by atoms with van der Waals surface area (Å²) in [4.78, 5) is 39.3. The molecular formula is C26H26N6O3. The zero-order valence-corrected chi connectivity index (χ0v) is 19.6. The van der Waals surface area contributed by atoms with Gasteiger partial charge in [0.2, 0.25) is 5.91 Å². The number of aromatic nitrogens is 3. The molecule has 1 atom stereocenters.